The van der Waals surface area contributed by atoms with Gasteiger partial charge in [0.1, 0.15) is 0 Å². The molecule has 0 bridgehead atoms. The number of rotatable bonds is 6. The number of benzene rings is 1. The molecule has 2 atom stereocenters. The molecule has 0 aliphatic carbocycles. The van der Waals surface area contributed by atoms with Crippen molar-refractivity contribution in [2.24, 2.45) is 5.92 Å². The monoisotopic (exact) mass is 317 g/mol. The van der Waals surface area contributed by atoms with Gasteiger partial charge in [0.2, 0.25) is 11.8 Å². The third-order valence-corrected chi connectivity index (χ3v) is 4.42. The van der Waals surface area contributed by atoms with E-state index in [2.05, 4.69) is 10.2 Å². The molecule has 2 rings (SSSR count). The van der Waals surface area contributed by atoms with E-state index in [9.17, 15) is 9.59 Å². The molecule has 23 heavy (non-hydrogen) atoms. The molecule has 5 nitrogen and oxygen atoms in total. The number of carbonyl (C=O) groups excluding carboxylic acids is 2. The normalized spacial score (nSPS) is 21.6. The maximum Gasteiger partial charge on any atom is 0.225 e. The third-order valence-electron chi connectivity index (χ3n) is 4.42. The van der Waals surface area contributed by atoms with Crippen molar-refractivity contribution in [2.45, 2.75) is 25.3 Å². The Balaban J connectivity index is 2.05. The summed E-state index contributed by atoms with van der Waals surface area (Å²) in [6, 6.07) is 9.66. The Morgan fingerprint density at radius 2 is 2.00 bits per heavy atom. The largest absolute Gasteiger partial charge is 0.356 e. The zero-order valence-corrected chi connectivity index (χ0v) is 14.3. The van der Waals surface area contributed by atoms with Crippen LogP contribution in [0.4, 0.5) is 0 Å². The third kappa shape index (κ3) is 4.55. The molecule has 0 saturated carbocycles. The van der Waals surface area contributed by atoms with Crippen molar-refractivity contribution >= 4 is 11.8 Å². The van der Waals surface area contributed by atoms with Crippen LogP contribution in [0.3, 0.4) is 0 Å². The highest BCUT2D eigenvalue weighted by Crippen LogP contribution is 2.35. The minimum atomic E-state index is -0.181. The van der Waals surface area contributed by atoms with E-state index >= 15 is 0 Å². The van der Waals surface area contributed by atoms with Crippen LogP contribution in [0.2, 0.25) is 0 Å². The molecule has 1 saturated heterocycles. The average Bonchev–Trinajstić information content (AvgIpc) is 2.54. The van der Waals surface area contributed by atoms with Crippen LogP contribution in [0.15, 0.2) is 30.3 Å². The fourth-order valence-electron chi connectivity index (χ4n) is 3.16. The highest BCUT2D eigenvalue weighted by atomic mass is 16.2. The summed E-state index contributed by atoms with van der Waals surface area (Å²) >= 11 is 0. The number of hydrogen-bond donors (Lipinski definition) is 1. The number of hydrogen-bond acceptors (Lipinski definition) is 3. The van der Waals surface area contributed by atoms with Crippen molar-refractivity contribution in [3.8, 4) is 0 Å². The molecule has 1 heterocycles. The van der Waals surface area contributed by atoms with Gasteiger partial charge >= 0.3 is 0 Å². The molecule has 126 valence electrons. The lowest BCUT2D eigenvalue weighted by Gasteiger charge is -2.38. The Bertz CT molecular complexity index is 530. The van der Waals surface area contributed by atoms with Gasteiger partial charge in [-0.2, -0.15) is 0 Å². The number of carbonyl (C=O) groups is 2. The average molecular weight is 317 g/mol. The van der Waals surface area contributed by atoms with E-state index in [0.29, 0.717) is 19.4 Å². The van der Waals surface area contributed by atoms with Crippen LogP contribution in [-0.2, 0) is 9.59 Å². The smallest absolute Gasteiger partial charge is 0.225 e. The maximum absolute atomic E-state index is 12.6. The number of amides is 2. The van der Waals surface area contributed by atoms with E-state index in [0.717, 1.165) is 18.5 Å². The summed E-state index contributed by atoms with van der Waals surface area (Å²) in [5.41, 5.74) is 1.02. The topological polar surface area (TPSA) is 52.7 Å². The minimum absolute atomic E-state index is 0.0527. The first kappa shape index (κ1) is 17.5. The van der Waals surface area contributed by atoms with Crippen molar-refractivity contribution in [3.63, 3.8) is 0 Å². The molecule has 2 amide bonds. The van der Waals surface area contributed by atoms with E-state index in [1.54, 1.807) is 11.9 Å². The fourth-order valence-corrected chi connectivity index (χ4v) is 3.16. The van der Waals surface area contributed by atoms with Crippen LogP contribution in [-0.4, -0.2) is 55.8 Å². The lowest BCUT2D eigenvalue weighted by molar-refractivity contribution is -0.141. The zero-order chi connectivity index (χ0) is 16.8. The molecular formula is C18H27N3O2. The maximum atomic E-state index is 12.6. The summed E-state index contributed by atoms with van der Waals surface area (Å²) in [5, 5.41) is 3.04. The number of piperidine rings is 1. The minimum Gasteiger partial charge on any atom is -0.356 e. The van der Waals surface area contributed by atoms with Gasteiger partial charge < -0.3 is 15.1 Å². The highest BCUT2D eigenvalue weighted by Gasteiger charge is 2.38. The van der Waals surface area contributed by atoms with E-state index in [1.165, 1.54) is 0 Å². The van der Waals surface area contributed by atoms with E-state index in [4.69, 9.17) is 0 Å². The molecule has 1 N–H and O–H groups in total. The second-order valence-corrected chi connectivity index (χ2v) is 6.45. The van der Waals surface area contributed by atoms with E-state index < -0.39 is 0 Å². The standard InChI is InChI=1S/C18H27N3O2/c1-20(2)13-7-12-19-18(23)15-10-11-16(22)21(3)17(15)14-8-5-4-6-9-14/h4-6,8-9,15,17H,7,10-13H2,1-3H3,(H,19,23)/t15-,17-/m0/s1. The van der Waals surface area contributed by atoms with Crippen molar-refractivity contribution < 1.29 is 9.59 Å². The molecule has 0 radical (unpaired) electrons. The van der Waals surface area contributed by atoms with E-state index in [-0.39, 0.29) is 23.8 Å². The predicted molar refractivity (Wildman–Crippen MR) is 90.9 cm³/mol. The summed E-state index contributed by atoms with van der Waals surface area (Å²) in [5.74, 6) is -0.0214. The van der Waals surface area contributed by atoms with Gasteiger partial charge in [-0.3, -0.25) is 9.59 Å². The molecule has 0 unspecified atom stereocenters. The van der Waals surface area contributed by atoms with Crippen LogP contribution >= 0.6 is 0 Å². The number of likely N-dealkylation sites (tertiary alicyclic amines) is 1. The van der Waals surface area contributed by atoms with Crippen LogP contribution in [0, 0.1) is 5.92 Å². The van der Waals surface area contributed by atoms with Crippen molar-refractivity contribution in [3.05, 3.63) is 35.9 Å². The van der Waals surface area contributed by atoms with Crippen molar-refractivity contribution in [2.75, 3.05) is 34.2 Å². The summed E-state index contributed by atoms with van der Waals surface area (Å²) in [7, 11) is 5.84. The van der Waals surface area contributed by atoms with Crippen LogP contribution in [0.5, 0.6) is 0 Å². The Morgan fingerprint density at radius 1 is 1.30 bits per heavy atom. The second-order valence-electron chi connectivity index (χ2n) is 6.45. The molecule has 1 aromatic carbocycles. The van der Waals surface area contributed by atoms with Gasteiger partial charge in [-0.15, -0.1) is 0 Å². The van der Waals surface area contributed by atoms with Gasteiger partial charge in [-0.1, -0.05) is 30.3 Å². The molecule has 1 aliphatic heterocycles. The first-order valence-corrected chi connectivity index (χ1v) is 8.23. The van der Waals surface area contributed by atoms with Crippen LogP contribution in [0.25, 0.3) is 0 Å². The SMILES string of the molecule is CN(C)CCCNC(=O)[C@H]1CCC(=O)N(C)[C@H]1c1ccccc1. The fraction of sp³-hybridized carbons (Fsp3) is 0.556. The summed E-state index contributed by atoms with van der Waals surface area (Å²) in [4.78, 5) is 28.5. The predicted octanol–water partition coefficient (Wildman–Crippen LogP) is 1.66. The van der Waals surface area contributed by atoms with Crippen molar-refractivity contribution in [1.82, 2.24) is 15.1 Å². The summed E-state index contributed by atoms with van der Waals surface area (Å²) in [6.45, 7) is 1.62. The van der Waals surface area contributed by atoms with Gasteiger partial charge in [0.25, 0.3) is 0 Å². The van der Waals surface area contributed by atoms with Crippen LogP contribution < -0.4 is 5.32 Å². The summed E-state index contributed by atoms with van der Waals surface area (Å²) in [6.07, 6.45) is 1.98. The molecule has 0 aromatic heterocycles. The summed E-state index contributed by atoms with van der Waals surface area (Å²) < 4.78 is 0. The highest BCUT2D eigenvalue weighted by molar-refractivity contribution is 5.84. The lowest BCUT2D eigenvalue weighted by Crippen LogP contribution is -2.46. The van der Waals surface area contributed by atoms with Gasteiger partial charge in [0, 0.05) is 20.0 Å². The Kier molecular flexibility index (Phi) is 6.16. The molecule has 1 aromatic rings. The molecule has 0 spiro atoms. The van der Waals surface area contributed by atoms with Gasteiger partial charge in [0.05, 0.1) is 12.0 Å². The first-order valence-electron chi connectivity index (χ1n) is 8.23. The molecular weight excluding hydrogens is 290 g/mol. The van der Waals surface area contributed by atoms with Gasteiger partial charge in [0.15, 0.2) is 0 Å². The number of nitrogens with zero attached hydrogens (tertiary/aromatic N) is 2. The molecule has 1 fully saturated rings. The number of nitrogens with one attached hydrogen (secondary N) is 1. The van der Waals surface area contributed by atoms with Crippen LogP contribution in [0.1, 0.15) is 30.9 Å². The van der Waals surface area contributed by atoms with Crippen molar-refractivity contribution in [1.29, 1.82) is 0 Å². The van der Waals surface area contributed by atoms with Gasteiger partial charge in [-0.05, 0) is 39.0 Å². The lowest BCUT2D eigenvalue weighted by atomic mass is 9.84. The van der Waals surface area contributed by atoms with Gasteiger partial charge in [-0.25, -0.2) is 0 Å². The Morgan fingerprint density at radius 3 is 2.65 bits per heavy atom. The first-order chi connectivity index (χ1) is 11.0. The Hall–Kier alpha value is -1.88. The zero-order valence-electron chi connectivity index (χ0n) is 14.3. The second kappa shape index (κ2) is 8.11. The Labute approximate surface area is 138 Å². The van der Waals surface area contributed by atoms with E-state index in [1.807, 2.05) is 44.4 Å². The molecule has 5 heteroatoms. The molecule has 1 aliphatic rings. The quantitative estimate of drug-likeness (QED) is 0.812.